The zero-order valence-electron chi connectivity index (χ0n) is 11.7. The predicted molar refractivity (Wildman–Crippen MR) is 75.2 cm³/mol. The minimum Gasteiger partial charge on any atom is -0.288 e. The number of benzene rings is 2. The Morgan fingerprint density at radius 3 is 2.05 bits per heavy atom. The first-order chi connectivity index (χ1) is 8.90. The summed E-state index contributed by atoms with van der Waals surface area (Å²) < 4.78 is 13.8. The van der Waals surface area contributed by atoms with Gasteiger partial charge in [0.05, 0.1) is 5.56 Å². The maximum atomic E-state index is 13.8. The van der Waals surface area contributed by atoms with E-state index in [-0.39, 0.29) is 11.3 Å². The van der Waals surface area contributed by atoms with Gasteiger partial charge in [0.25, 0.3) is 0 Å². The summed E-state index contributed by atoms with van der Waals surface area (Å²) in [5, 5.41) is 0. The number of ketones is 1. The van der Waals surface area contributed by atoms with Gasteiger partial charge in [0.2, 0.25) is 0 Å². The van der Waals surface area contributed by atoms with Crippen LogP contribution in [0, 0.1) is 33.5 Å². The molecule has 2 heteroatoms. The molecular weight excluding hydrogens is 239 g/mol. The van der Waals surface area contributed by atoms with Gasteiger partial charge in [-0.1, -0.05) is 29.3 Å². The Morgan fingerprint density at radius 2 is 1.47 bits per heavy atom. The van der Waals surface area contributed by atoms with Gasteiger partial charge in [-0.15, -0.1) is 0 Å². The smallest absolute Gasteiger partial charge is 0.196 e. The fraction of sp³-hybridized carbons (Fsp3) is 0.235. The van der Waals surface area contributed by atoms with E-state index in [2.05, 4.69) is 0 Å². The number of carbonyl (C=O) groups is 1. The summed E-state index contributed by atoms with van der Waals surface area (Å²) >= 11 is 0. The van der Waals surface area contributed by atoms with E-state index in [0.717, 1.165) is 22.3 Å². The third kappa shape index (κ3) is 2.58. The molecule has 0 fully saturated rings. The highest BCUT2D eigenvalue weighted by molar-refractivity contribution is 6.11. The highest BCUT2D eigenvalue weighted by atomic mass is 19.1. The largest absolute Gasteiger partial charge is 0.288 e. The van der Waals surface area contributed by atoms with Crippen LogP contribution in [0.2, 0.25) is 0 Å². The molecule has 98 valence electrons. The molecule has 0 aliphatic heterocycles. The van der Waals surface area contributed by atoms with Gasteiger partial charge in [0, 0.05) is 5.56 Å². The van der Waals surface area contributed by atoms with Crippen molar-refractivity contribution in [2.24, 2.45) is 0 Å². The topological polar surface area (TPSA) is 17.1 Å². The lowest BCUT2D eigenvalue weighted by Gasteiger charge is -2.11. The van der Waals surface area contributed by atoms with Crippen molar-refractivity contribution in [1.82, 2.24) is 0 Å². The zero-order valence-corrected chi connectivity index (χ0v) is 11.7. The molecule has 0 radical (unpaired) electrons. The van der Waals surface area contributed by atoms with E-state index >= 15 is 0 Å². The molecule has 0 saturated carbocycles. The molecule has 0 saturated heterocycles. The van der Waals surface area contributed by atoms with E-state index in [1.54, 1.807) is 12.1 Å². The second-order valence-electron chi connectivity index (χ2n) is 5.09. The summed E-state index contributed by atoms with van der Waals surface area (Å²) in [6.45, 7) is 7.62. The van der Waals surface area contributed by atoms with Gasteiger partial charge in [-0.3, -0.25) is 4.79 Å². The van der Waals surface area contributed by atoms with Crippen LogP contribution in [-0.2, 0) is 0 Å². The first-order valence-electron chi connectivity index (χ1n) is 6.29. The lowest BCUT2D eigenvalue weighted by atomic mass is 9.92. The van der Waals surface area contributed by atoms with Crippen LogP contribution in [0.4, 0.5) is 4.39 Å². The van der Waals surface area contributed by atoms with Gasteiger partial charge in [-0.05, 0) is 51.0 Å². The molecule has 0 atom stereocenters. The predicted octanol–water partition coefficient (Wildman–Crippen LogP) is 4.29. The van der Waals surface area contributed by atoms with Gasteiger partial charge in [0.1, 0.15) is 5.82 Å². The summed E-state index contributed by atoms with van der Waals surface area (Å²) in [7, 11) is 0. The van der Waals surface area contributed by atoms with E-state index in [0.29, 0.717) is 5.56 Å². The Morgan fingerprint density at radius 1 is 0.895 bits per heavy atom. The van der Waals surface area contributed by atoms with Crippen LogP contribution < -0.4 is 0 Å². The van der Waals surface area contributed by atoms with Crippen molar-refractivity contribution < 1.29 is 9.18 Å². The Kier molecular flexibility index (Phi) is 3.52. The van der Waals surface area contributed by atoms with Crippen LogP contribution in [0.25, 0.3) is 0 Å². The van der Waals surface area contributed by atoms with Crippen molar-refractivity contribution in [3.8, 4) is 0 Å². The van der Waals surface area contributed by atoms with Crippen molar-refractivity contribution in [2.75, 3.05) is 0 Å². The zero-order chi connectivity index (χ0) is 14.2. The molecule has 0 heterocycles. The average molecular weight is 256 g/mol. The molecule has 0 spiro atoms. The van der Waals surface area contributed by atoms with Crippen molar-refractivity contribution in [3.05, 3.63) is 69.5 Å². The molecule has 0 aliphatic carbocycles. The summed E-state index contributed by atoms with van der Waals surface area (Å²) in [4.78, 5) is 12.5. The fourth-order valence-electron chi connectivity index (χ4n) is 2.49. The first-order valence-corrected chi connectivity index (χ1v) is 6.29. The van der Waals surface area contributed by atoms with E-state index in [9.17, 15) is 9.18 Å². The number of carbonyl (C=O) groups excluding carboxylic acids is 1. The van der Waals surface area contributed by atoms with E-state index in [4.69, 9.17) is 0 Å². The van der Waals surface area contributed by atoms with Crippen molar-refractivity contribution in [2.45, 2.75) is 27.7 Å². The molecule has 2 rings (SSSR count). The highest BCUT2D eigenvalue weighted by Gasteiger charge is 2.18. The molecule has 19 heavy (non-hydrogen) atoms. The number of halogens is 1. The van der Waals surface area contributed by atoms with Crippen LogP contribution in [0.5, 0.6) is 0 Å². The van der Waals surface area contributed by atoms with Crippen LogP contribution in [0.3, 0.4) is 0 Å². The maximum Gasteiger partial charge on any atom is 0.196 e. The number of rotatable bonds is 2. The standard InChI is InChI=1S/C17H17FO/c1-10-5-6-15(18)14(9-10)17(19)16-12(3)7-11(2)8-13(16)4/h5-9H,1-4H3. The Hall–Kier alpha value is -1.96. The van der Waals surface area contributed by atoms with Gasteiger partial charge >= 0.3 is 0 Å². The van der Waals surface area contributed by atoms with Gasteiger partial charge < -0.3 is 0 Å². The minimum atomic E-state index is -0.463. The van der Waals surface area contributed by atoms with Gasteiger partial charge in [-0.2, -0.15) is 0 Å². The maximum absolute atomic E-state index is 13.8. The normalized spacial score (nSPS) is 10.6. The van der Waals surface area contributed by atoms with Crippen LogP contribution >= 0.6 is 0 Å². The molecule has 0 unspecified atom stereocenters. The third-order valence-corrected chi connectivity index (χ3v) is 3.27. The summed E-state index contributed by atoms with van der Waals surface area (Å²) in [6.07, 6.45) is 0. The second-order valence-corrected chi connectivity index (χ2v) is 5.09. The molecule has 2 aromatic rings. The minimum absolute atomic E-state index is 0.148. The highest BCUT2D eigenvalue weighted by Crippen LogP contribution is 2.22. The molecule has 0 aliphatic rings. The van der Waals surface area contributed by atoms with Crippen molar-refractivity contribution >= 4 is 5.78 Å². The van der Waals surface area contributed by atoms with Gasteiger partial charge in [-0.25, -0.2) is 4.39 Å². The Bertz CT molecular complexity index is 633. The van der Waals surface area contributed by atoms with E-state index in [1.807, 2.05) is 39.8 Å². The fourth-order valence-corrected chi connectivity index (χ4v) is 2.49. The molecule has 2 aromatic carbocycles. The molecule has 0 bridgehead atoms. The quantitative estimate of drug-likeness (QED) is 0.732. The lowest BCUT2D eigenvalue weighted by molar-refractivity contribution is 0.103. The third-order valence-electron chi connectivity index (χ3n) is 3.27. The molecule has 0 N–H and O–H groups in total. The Labute approximate surface area is 113 Å². The van der Waals surface area contributed by atoms with Gasteiger partial charge in [0.15, 0.2) is 5.78 Å². The average Bonchev–Trinajstić information content (AvgIpc) is 2.30. The Balaban J connectivity index is 2.59. The number of aryl methyl sites for hydroxylation is 4. The lowest BCUT2D eigenvalue weighted by Crippen LogP contribution is -2.09. The molecule has 1 nitrogen and oxygen atoms in total. The first kappa shape index (κ1) is 13.5. The summed E-state index contributed by atoms with van der Waals surface area (Å²) in [5.41, 5.74) is 4.53. The van der Waals surface area contributed by atoms with E-state index < -0.39 is 5.82 Å². The number of hydrogen-bond acceptors (Lipinski definition) is 1. The molecule has 0 aromatic heterocycles. The van der Waals surface area contributed by atoms with Crippen LogP contribution in [0.1, 0.15) is 38.2 Å². The summed E-state index contributed by atoms with van der Waals surface area (Å²) in [5.74, 6) is -0.703. The van der Waals surface area contributed by atoms with Crippen molar-refractivity contribution in [3.63, 3.8) is 0 Å². The SMILES string of the molecule is Cc1cc(C)c(C(=O)c2cc(C)ccc2F)c(C)c1. The number of hydrogen-bond donors (Lipinski definition) is 0. The summed E-state index contributed by atoms with van der Waals surface area (Å²) in [6, 6.07) is 8.53. The van der Waals surface area contributed by atoms with Crippen LogP contribution in [-0.4, -0.2) is 5.78 Å². The van der Waals surface area contributed by atoms with Crippen molar-refractivity contribution in [1.29, 1.82) is 0 Å². The van der Waals surface area contributed by atoms with E-state index in [1.165, 1.54) is 6.07 Å². The molecular formula is C17H17FO. The van der Waals surface area contributed by atoms with Crippen LogP contribution in [0.15, 0.2) is 30.3 Å². The molecule has 0 amide bonds. The second kappa shape index (κ2) is 4.96. The monoisotopic (exact) mass is 256 g/mol.